The van der Waals surface area contributed by atoms with Gasteiger partial charge in [-0.15, -0.1) is 11.3 Å². The van der Waals surface area contributed by atoms with Crippen molar-refractivity contribution in [3.8, 4) is 5.75 Å². The average Bonchev–Trinajstić information content (AvgIpc) is 3.10. The summed E-state index contributed by atoms with van der Waals surface area (Å²) in [4.78, 5) is 17.1. The van der Waals surface area contributed by atoms with Gasteiger partial charge in [-0.25, -0.2) is 0 Å². The van der Waals surface area contributed by atoms with Crippen LogP contribution in [0.5, 0.6) is 5.75 Å². The second kappa shape index (κ2) is 9.35. The highest BCUT2D eigenvalue weighted by atomic mass is 32.1. The summed E-state index contributed by atoms with van der Waals surface area (Å²) >= 11 is 1.59. The molecule has 5 nitrogen and oxygen atoms in total. The number of amides is 1. The van der Waals surface area contributed by atoms with Gasteiger partial charge in [0.1, 0.15) is 5.75 Å². The fraction of sp³-hybridized carbons (Fsp3) is 0.476. The third kappa shape index (κ3) is 4.89. The predicted molar refractivity (Wildman–Crippen MR) is 109 cm³/mol. The molecule has 0 radical (unpaired) electrons. The van der Waals surface area contributed by atoms with E-state index in [1.807, 2.05) is 18.2 Å². The van der Waals surface area contributed by atoms with Gasteiger partial charge in [-0.05, 0) is 42.7 Å². The van der Waals surface area contributed by atoms with Gasteiger partial charge in [0.2, 0.25) is 0 Å². The summed E-state index contributed by atoms with van der Waals surface area (Å²) in [7, 11) is 1.67. The molecule has 146 valence electrons. The molecule has 2 heterocycles. The van der Waals surface area contributed by atoms with Gasteiger partial charge >= 0.3 is 0 Å². The van der Waals surface area contributed by atoms with Crippen molar-refractivity contribution in [2.24, 2.45) is 0 Å². The number of ether oxygens (including phenoxy) is 2. The lowest BCUT2D eigenvalue weighted by Gasteiger charge is -2.35. The van der Waals surface area contributed by atoms with Gasteiger partial charge in [0.15, 0.2) is 0 Å². The average molecular weight is 389 g/mol. The highest BCUT2D eigenvalue weighted by Gasteiger charge is 2.24. The molecule has 1 aliphatic heterocycles. The van der Waals surface area contributed by atoms with E-state index in [0.29, 0.717) is 6.54 Å². The zero-order chi connectivity index (χ0) is 19.2. The summed E-state index contributed by atoms with van der Waals surface area (Å²) < 4.78 is 10.8. The molecular formula is C21H28N2O3S. The molecule has 27 heavy (non-hydrogen) atoms. The Kier molecular flexibility index (Phi) is 6.88. The normalized spacial score (nSPS) is 16.1. The van der Waals surface area contributed by atoms with Crippen molar-refractivity contribution in [2.45, 2.75) is 26.3 Å². The maximum Gasteiger partial charge on any atom is 0.261 e. The van der Waals surface area contributed by atoms with E-state index in [1.165, 1.54) is 16.0 Å². The van der Waals surface area contributed by atoms with Gasteiger partial charge in [-0.2, -0.15) is 0 Å². The Balaban J connectivity index is 1.72. The Bertz CT molecular complexity index is 751. The number of aryl methyl sites for hydroxylation is 2. The number of nitrogens with one attached hydrogen (secondary N) is 1. The smallest absolute Gasteiger partial charge is 0.261 e. The molecular weight excluding hydrogens is 360 g/mol. The number of hydrogen-bond acceptors (Lipinski definition) is 5. The number of rotatable bonds is 7. The van der Waals surface area contributed by atoms with Crippen LogP contribution in [0.3, 0.4) is 0 Å². The Morgan fingerprint density at radius 2 is 2.00 bits per heavy atom. The van der Waals surface area contributed by atoms with Crippen LogP contribution in [0.15, 0.2) is 30.3 Å². The van der Waals surface area contributed by atoms with E-state index in [9.17, 15) is 4.79 Å². The van der Waals surface area contributed by atoms with Crippen molar-refractivity contribution in [1.29, 1.82) is 0 Å². The lowest BCUT2D eigenvalue weighted by atomic mass is 10.0. The molecule has 1 unspecified atom stereocenters. The first-order valence-electron chi connectivity index (χ1n) is 9.45. The number of hydrogen-bond donors (Lipinski definition) is 1. The minimum atomic E-state index is 0.00886. The van der Waals surface area contributed by atoms with Gasteiger partial charge in [-0.1, -0.05) is 19.1 Å². The highest BCUT2D eigenvalue weighted by Crippen LogP contribution is 2.25. The second-order valence-electron chi connectivity index (χ2n) is 6.72. The van der Waals surface area contributed by atoms with Gasteiger partial charge in [-0.3, -0.25) is 9.69 Å². The Hall–Kier alpha value is -1.89. The van der Waals surface area contributed by atoms with Crippen molar-refractivity contribution >= 4 is 17.2 Å². The van der Waals surface area contributed by atoms with E-state index in [-0.39, 0.29) is 11.9 Å². The van der Waals surface area contributed by atoms with Crippen LogP contribution in [0.25, 0.3) is 0 Å². The molecule has 0 bridgehead atoms. The third-order valence-corrected chi connectivity index (χ3v) is 6.39. The number of morpholine rings is 1. The fourth-order valence-corrected chi connectivity index (χ4v) is 4.46. The lowest BCUT2D eigenvalue weighted by Crippen LogP contribution is -2.43. The van der Waals surface area contributed by atoms with Crippen molar-refractivity contribution < 1.29 is 14.3 Å². The first kappa shape index (κ1) is 19.9. The summed E-state index contributed by atoms with van der Waals surface area (Å²) in [6, 6.07) is 10.2. The summed E-state index contributed by atoms with van der Waals surface area (Å²) in [5.41, 5.74) is 2.38. The molecule has 1 atom stereocenters. The predicted octanol–water partition coefficient (Wildman–Crippen LogP) is 3.43. The van der Waals surface area contributed by atoms with Gasteiger partial charge in [0.05, 0.1) is 31.2 Å². The summed E-state index contributed by atoms with van der Waals surface area (Å²) in [5.74, 6) is 0.847. The molecule has 6 heteroatoms. The van der Waals surface area contributed by atoms with Crippen LogP contribution >= 0.6 is 11.3 Å². The van der Waals surface area contributed by atoms with Crippen molar-refractivity contribution in [2.75, 3.05) is 40.0 Å². The van der Waals surface area contributed by atoms with Crippen LogP contribution < -0.4 is 10.1 Å². The summed E-state index contributed by atoms with van der Waals surface area (Å²) in [6.07, 6.45) is 0.964. The third-order valence-electron chi connectivity index (χ3n) is 5.01. The maximum atomic E-state index is 12.7. The Morgan fingerprint density at radius 1 is 1.30 bits per heavy atom. The van der Waals surface area contributed by atoms with Crippen LogP contribution in [0.4, 0.5) is 0 Å². The van der Waals surface area contributed by atoms with Crippen LogP contribution in [-0.2, 0) is 11.2 Å². The molecule has 0 spiro atoms. The molecule has 1 N–H and O–H groups in total. The van der Waals surface area contributed by atoms with E-state index >= 15 is 0 Å². The van der Waals surface area contributed by atoms with E-state index in [2.05, 4.69) is 36.2 Å². The molecule has 1 fully saturated rings. The topological polar surface area (TPSA) is 50.8 Å². The molecule has 1 aromatic heterocycles. The number of methoxy groups -OCH3 is 1. The standard InChI is InChI=1S/C21H28N2O3S/c1-4-19-15(2)13-20(27-19)21(24)22-14-18(23-9-11-26-12-10-23)16-5-7-17(25-3)8-6-16/h5-8,13,18H,4,9-12,14H2,1-3H3,(H,22,24). The van der Waals surface area contributed by atoms with Gasteiger partial charge < -0.3 is 14.8 Å². The highest BCUT2D eigenvalue weighted by molar-refractivity contribution is 7.14. The van der Waals surface area contributed by atoms with Crippen LogP contribution in [0.2, 0.25) is 0 Å². The van der Waals surface area contributed by atoms with E-state index in [0.717, 1.165) is 43.4 Å². The number of nitrogens with zero attached hydrogens (tertiary/aromatic N) is 1. The van der Waals surface area contributed by atoms with Crippen LogP contribution in [-0.4, -0.2) is 50.8 Å². The molecule has 0 aliphatic carbocycles. The van der Waals surface area contributed by atoms with Crippen molar-refractivity contribution in [3.05, 3.63) is 51.2 Å². The number of carbonyl (C=O) groups excluding carboxylic acids is 1. The van der Waals surface area contributed by atoms with E-state index in [4.69, 9.17) is 9.47 Å². The first-order chi connectivity index (χ1) is 13.1. The van der Waals surface area contributed by atoms with Gasteiger partial charge in [0.25, 0.3) is 5.91 Å². The molecule has 3 rings (SSSR count). The second-order valence-corrected chi connectivity index (χ2v) is 7.85. The fourth-order valence-electron chi connectivity index (χ4n) is 3.43. The van der Waals surface area contributed by atoms with Crippen molar-refractivity contribution in [3.63, 3.8) is 0 Å². The Labute approximate surface area is 165 Å². The summed E-state index contributed by atoms with van der Waals surface area (Å²) in [6.45, 7) is 7.95. The van der Waals surface area contributed by atoms with E-state index < -0.39 is 0 Å². The lowest BCUT2D eigenvalue weighted by molar-refractivity contribution is 0.0162. The minimum Gasteiger partial charge on any atom is -0.497 e. The zero-order valence-electron chi connectivity index (χ0n) is 16.3. The Morgan fingerprint density at radius 3 is 2.59 bits per heavy atom. The SMILES string of the molecule is CCc1sc(C(=O)NCC(c2ccc(OC)cc2)N2CCOCC2)cc1C. The number of carbonyl (C=O) groups is 1. The molecule has 2 aromatic rings. The number of benzene rings is 1. The zero-order valence-corrected chi connectivity index (χ0v) is 17.1. The number of thiophene rings is 1. The monoisotopic (exact) mass is 388 g/mol. The summed E-state index contributed by atoms with van der Waals surface area (Å²) in [5, 5.41) is 3.15. The van der Waals surface area contributed by atoms with E-state index in [1.54, 1.807) is 18.4 Å². The minimum absolute atomic E-state index is 0.00886. The van der Waals surface area contributed by atoms with Crippen LogP contribution in [0, 0.1) is 6.92 Å². The maximum absolute atomic E-state index is 12.7. The molecule has 1 aliphatic rings. The molecule has 1 amide bonds. The van der Waals surface area contributed by atoms with Crippen LogP contribution in [0.1, 0.15) is 38.6 Å². The molecule has 0 saturated carbocycles. The van der Waals surface area contributed by atoms with Gasteiger partial charge in [0, 0.05) is 24.5 Å². The van der Waals surface area contributed by atoms with Crippen molar-refractivity contribution in [1.82, 2.24) is 10.2 Å². The quantitative estimate of drug-likeness (QED) is 0.790. The molecule has 1 aromatic carbocycles. The molecule has 1 saturated heterocycles. The largest absolute Gasteiger partial charge is 0.497 e. The first-order valence-corrected chi connectivity index (χ1v) is 10.3.